The number of carbonyl (C=O) groups is 1. The second-order valence-electron chi connectivity index (χ2n) is 4.35. The lowest BCUT2D eigenvalue weighted by Gasteiger charge is -2.15. The molecular formula is C14H16N2O3. The number of rotatable bonds is 4. The number of hydrogen-bond donors (Lipinski definition) is 1. The maximum atomic E-state index is 11.9. The van der Waals surface area contributed by atoms with Crippen LogP contribution in [-0.2, 0) is 9.53 Å². The van der Waals surface area contributed by atoms with Crippen molar-refractivity contribution in [3.05, 3.63) is 29.8 Å². The highest BCUT2D eigenvalue weighted by Gasteiger charge is 2.26. The van der Waals surface area contributed by atoms with Crippen LogP contribution in [0.3, 0.4) is 0 Å². The van der Waals surface area contributed by atoms with E-state index >= 15 is 0 Å². The van der Waals surface area contributed by atoms with E-state index in [9.17, 15) is 10.1 Å². The van der Waals surface area contributed by atoms with Gasteiger partial charge in [-0.2, -0.15) is 5.26 Å². The van der Waals surface area contributed by atoms with Crippen molar-refractivity contribution < 1.29 is 14.3 Å². The first-order chi connectivity index (χ1) is 9.24. The summed E-state index contributed by atoms with van der Waals surface area (Å²) in [5.74, 6) is 0.427. The first-order valence-electron chi connectivity index (χ1n) is 6.20. The summed E-state index contributed by atoms with van der Waals surface area (Å²) in [7, 11) is 1.56. The Balaban J connectivity index is 2.07. The number of hydrogen-bond acceptors (Lipinski definition) is 4. The van der Waals surface area contributed by atoms with Gasteiger partial charge < -0.3 is 14.8 Å². The number of amides is 1. The molecule has 1 N–H and O–H groups in total. The van der Waals surface area contributed by atoms with E-state index in [2.05, 4.69) is 11.4 Å². The van der Waals surface area contributed by atoms with Crippen LogP contribution in [0.15, 0.2) is 24.3 Å². The summed E-state index contributed by atoms with van der Waals surface area (Å²) in [6.45, 7) is 0.606. The molecule has 100 valence electrons. The molecule has 1 saturated heterocycles. The zero-order valence-corrected chi connectivity index (χ0v) is 10.8. The van der Waals surface area contributed by atoms with Crippen LogP contribution in [0.25, 0.3) is 0 Å². The summed E-state index contributed by atoms with van der Waals surface area (Å²) in [5, 5.41) is 11.9. The molecular weight excluding hydrogens is 244 g/mol. The highest BCUT2D eigenvalue weighted by molar-refractivity contribution is 5.81. The maximum Gasteiger partial charge on any atom is 0.250 e. The van der Waals surface area contributed by atoms with Crippen LogP contribution < -0.4 is 10.1 Å². The van der Waals surface area contributed by atoms with Gasteiger partial charge in [0.2, 0.25) is 5.91 Å². The van der Waals surface area contributed by atoms with E-state index in [0.29, 0.717) is 24.3 Å². The molecule has 1 amide bonds. The molecule has 0 bridgehead atoms. The van der Waals surface area contributed by atoms with Crippen molar-refractivity contribution in [1.82, 2.24) is 5.32 Å². The van der Waals surface area contributed by atoms with Crippen LogP contribution in [0.4, 0.5) is 0 Å². The number of methoxy groups -OCH3 is 1. The quantitative estimate of drug-likeness (QED) is 0.891. The van der Waals surface area contributed by atoms with Gasteiger partial charge in [0.05, 0.1) is 13.2 Å². The van der Waals surface area contributed by atoms with Crippen LogP contribution in [0, 0.1) is 11.3 Å². The zero-order valence-electron chi connectivity index (χ0n) is 10.8. The fourth-order valence-electron chi connectivity index (χ4n) is 2.03. The molecule has 19 heavy (non-hydrogen) atoms. The Morgan fingerprint density at radius 3 is 3.11 bits per heavy atom. The number of ether oxygens (including phenoxy) is 2. The maximum absolute atomic E-state index is 11.9. The Kier molecular flexibility index (Phi) is 4.37. The van der Waals surface area contributed by atoms with E-state index in [0.717, 1.165) is 6.42 Å². The second-order valence-corrected chi connectivity index (χ2v) is 4.35. The van der Waals surface area contributed by atoms with Crippen molar-refractivity contribution in [2.75, 3.05) is 13.7 Å². The van der Waals surface area contributed by atoms with Gasteiger partial charge in [-0.15, -0.1) is 0 Å². The topological polar surface area (TPSA) is 71.3 Å². The van der Waals surface area contributed by atoms with Crippen molar-refractivity contribution in [2.45, 2.75) is 25.0 Å². The fourth-order valence-corrected chi connectivity index (χ4v) is 2.03. The Hall–Kier alpha value is -2.06. The number of carbonyl (C=O) groups excluding carboxylic acids is 1. The molecule has 1 fully saturated rings. The molecule has 0 aliphatic carbocycles. The third-order valence-electron chi connectivity index (χ3n) is 3.06. The highest BCUT2D eigenvalue weighted by Crippen LogP contribution is 2.20. The number of nitriles is 1. The van der Waals surface area contributed by atoms with E-state index in [4.69, 9.17) is 9.47 Å². The third kappa shape index (κ3) is 3.24. The molecule has 1 aromatic carbocycles. The van der Waals surface area contributed by atoms with Crippen LogP contribution in [0.5, 0.6) is 5.75 Å². The number of nitrogens with zero attached hydrogens (tertiary/aromatic N) is 1. The molecule has 0 aromatic heterocycles. The van der Waals surface area contributed by atoms with Crippen molar-refractivity contribution in [1.29, 1.82) is 5.26 Å². The second kappa shape index (κ2) is 6.21. The third-order valence-corrected chi connectivity index (χ3v) is 3.06. The van der Waals surface area contributed by atoms with E-state index in [1.54, 1.807) is 31.4 Å². The van der Waals surface area contributed by atoms with E-state index in [1.807, 2.05) is 0 Å². The smallest absolute Gasteiger partial charge is 0.250 e. The van der Waals surface area contributed by atoms with Crippen molar-refractivity contribution in [3.8, 4) is 11.8 Å². The normalized spacial score (nSPS) is 19.5. The highest BCUT2D eigenvalue weighted by atomic mass is 16.5. The zero-order chi connectivity index (χ0) is 13.7. The van der Waals surface area contributed by atoms with Gasteiger partial charge in [0, 0.05) is 6.61 Å². The first-order valence-corrected chi connectivity index (χ1v) is 6.20. The molecule has 5 nitrogen and oxygen atoms in total. The van der Waals surface area contributed by atoms with Crippen molar-refractivity contribution in [3.63, 3.8) is 0 Å². The molecule has 2 atom stereocenters. The Morgan fingerprint density at radius 2 is 2.47 bits per heavy atom. The van der Waals surface area contributed by atoms with Gasteiger partial charge >= 0.3 is 0 Å². The average Bonchev–Trinajstić information content (AvgIpc) is 2.98. The summed E-state index contributed by atoms with van der Waals surface area (Å²) in [4.78, 5) is 11.9. The summed E-state index contributed by atoms with van der Waals surface area (Å²) < 4.78 is 10.4. The van der Waals surface area contributed by atoms with Crippen molar-refractivity contribution >= 4 is 5.91 Å². The predicted octanol–water partition coefficient (Wildman–Crippen LogP) is 1.56. The minimum absolute atomic E-state index is 0.230. The predicted molar refractivity (Wildman–Crippen MR) is 68.5 cm³/mol. The molecule has 1 aliphatic heterocycles. The van der Waals surface area contributed by atoms with E-state index in [1.165, 1.54) is 0 Å². The molecule has 0 spiro atoms. The molecule has 0 saturated carbocycles. The van der Waals surface area contributed by atoms with Crippen LogP contribution in [0.1, 0.15) is 24.4 Å². The van der Waals surface area contributed by atoms with Crippen LogP contribution >= 0.6 is 0 Å². The molecule has 2 rings (SSSR count). The van der Waals surface area contributed by atoms with Gasteiger partial charge in [-0.25, -0.2) is 0 Å². The van der Waals surface area contributed by atoms with Gasteiger partial charge in [0.25, 0.3) is 0 Å². The van der Waals surface area contributed by atoms with Gasteiger partial charge in [-0.05, 0) is 30.5 Å². The Labute approximate surface area is 112 Å². The molecule has 5 heteroatoms. The van der Waals surface area contributed by atoms with Crippen LogP contribution in [-0.4, -0.2) is 25.7 Å². The number of benzene rings is 1. The number of nitrogens with one attached hydrogen (secondary N) is 1. The molecule has 0 radical (unpaired) electrons. The van der Waals surface area contributed by atoms with E-state index < -0.39 is 12.1 Å². The van der Waals surface area contributed by atoms with Gasteiger partial charge in [-0.1, -0.05) is 12.1 Å². The average molecular weight is 260 g/mol. The SMILES string of the molecule is COc1cccc(C(C#N)NC(=O)C2CCCO2)c1. The van der Waals surface area contributed by atoms with Crippen molar-refractivity contribution in [2.24, 2.45) is 0 Å². The van der Waals surface area contributed by atoms with Gasteiger partial charge in [0.15, 0.2) is 0 Å². The molecule has 1 aromatic rings. The summed E-state index contributed by atoms with van der Waals surface area (Å²) >= 11 is 0. The largest absolute Gasteiger partial charge is 0.497 e. The van der Waals surface area contributed by atoms with Gasteiger partial charge in [-0.3, -0.25) is 4.79 Å². The lowest BCUT2D eigenvalue weighted by molar-refractivity contribution is -0.130. The monoisotopic (exact) mass is 260 g/mol. The Morgan fingerprint density at radius 1 is 1.63 bits per heavy atom. The lowest BCUT2D eigenvalue weighted by Crippen LogP contribution is -2.36. The summed E-state index contributed by atoms with van der Waals surface area (Å²) in [5.41, 5.74) is 0.702. The van der Waals surface area contributed by atoms with E-state index in [-0.39, 0.29) is 5.91 Å². The fraction of sp³-hybridized carbons (Fsp3) is 0.429. The first kappa shape index (κ1) is 13.4. The molecule has 2 unspecified atom stereocenters. The minimum atomic E-state index is -0.688. The standard InChI is InChI=1S/C14H16N2O3/c1-18-11-5-2-4-10(8-11)12(9-15)16-14(17)13-6-3-7-19-13/h2,4-5,8,12-13H,3,6-7H2,1H3,(H,16,17). The summed E-state index contributed by atoms with van der Waals surface area (Å²) in [6.07, 6.45) is 1.16. The molecule has 1 aliphatic rings. The lowest BCUT2D eigenvalue weighted by atomic mass is 10.1. The molecule has 1 heterocycles. The van der Waals surface area contributed by atoms with Crippen LogP contribution in [0.2, 0.25) is 0 Å². The minimum Gasteiger partial charge on any atom is -0.497 e. The van der Waals surface area contributed by atoms with Gasteiger partial charge in [0.1, 0.15) is 17.9 Å². The Bertz CT molecular complexity index is 490. The summed E-state index contributed by atoms with van der Waals surface area (Å²) in [6, 6.07) is 8.50.